The summed E-state index contributed by atoms with van der Waals surface area (Å²) in [7, 11) is 3.23. The number of nitrogens with one attached hydrogen (secondary N) is 1. The van der Waals surface area contributed by atoms with Gasteiger partial charge in [-0.15, -0.1) is 24.0 Å². The topological polar surface area (TPSA) is 72.4 Å². The number of hydrogen-bond acceptors (Lipinski definition) is 5. The van der Waals surface area contributed by atoms with Crippen LogP contribution < -0.4 is 14.8 Å². The van der Waals surface area contributed by atoms with Crippen LogP contribution in [0.1, 0.15) is 24.8 Å². The van der Waals surface area contributed by atoms with Gasteiger partial charge in [-0.2, -0.15) is 0 Å². The average molecular weight is 489 g/mol. The van der Waals surface area contributed by atoms with Gasteiger partial charge in [0.1, 0.15) is 0 Å². The number of benzene rings is 1. The highest BCUT2D eigenvalue weighted by molar-refractivity contribution is 14.0. The minimum atomic E-state index is -0.111. The third-order valence-corrected chi connectivity index (χ3v) is 4.80. The maximum absolute atomic E-state index is 11.7. The van der Waals surface area contributed by atoms with Gasteiger partial charge in [0.25, 0.3) is 0 Å². The summed E-state index contributed by atoms with van der Waals surface area (Å²) in [5.74, 6) is 2.34. The average Bonchev–Trinajstić information content (AvgIpc) is 2.93. The smallest absolute Gasteiger partial charge is 0.308 e. The van der Waals surface area contributed by atoms with Crippen LogP contribution in [-0.4, -0.2) is 57.3 Å². The Morgan fingerprint density at radius 2 is 1.96 bits per heavy atom. The van der Waals surface area contributed by atoms with Gasteiger partial charge in [0.2, 0.25) is 0 Å². The summed E-state index contributed by atoms with van der Waals surface area (Å²) >= 11 is 0. The molecule has 1 N–H and O–H groups in total. The number of carbonyl (C=O) groups is 1. The van der Waals surface area contributed by atoms with Gasteiger partial charge in [0, 0.05) is 33.1 Å². The highest BCUT2D eigenvalue weighted by Crippen LogP contribution is 2.30. The number of rotatable bonds is 3. The van der Waals surface area contributed by atoms with E-state index < -0.39 is 0 Å². The number of likely N-dealkylation sites (tertiary alicyclic amines) is 1. The van der Waals surface area contributed by atoms with E-state index in [1.165, 1.54) is 7.11 Å². The van der Waals surface area contributed by atoms with Gasteiger partial charge < -0.3 is 24.4 Å². The van der Waals surface area contributed by atoms with Crippen molar-refractivity contribution < 1.29 is 19.0 Å². The molecule has 0 bridgehead atoms. The second kappa shape index (κ2) is 10.6. The first kappa shape index (κ1) is 21.6. The first-order chi connectivity index (χ1) is 12.7. The van der Waals surface area contributed by atoms with Gasteiger partial charge in [-0.05, 0) is 30.5 Å². The van der Waals surface area contributed by atoms with E-state index in [1.807, 2.05) is 18.2 Å². The molecule has 1 aromatic carbocycles. The van der Waals surface area contributed by atoms with Crippen molar-refractivity contribution in [3.8, 4) is 11.5 Å². The van der Waals surface area contributed by atoms with Crippen LogP contribution in [0.5, 0.6) is 11.5 Å². The molecule has 1 saturated heterocycles. The largest absolute Gasteiger partial charge is 0.490 e. The van der Waals surface area contributed by atoms with Crippen LogP contribution in [0.15, 0.2) is 23.2 Å². The Balaban J connectivity index is 0.00000261. The van der Waals surface area contributed by atoms with Gasteiger partial charge in [0.05, 0.1) is 26.2 Å². The molecule has 0 spiro atoms. The summed E-state index contributed by atoms with van der Waals surface area (Å²) in [5, 5.41) is 3.40. The van der Waals surface area contributed by atoms with E-state index in [4.69, 9.17) is 14.2 Å². The molecule has 0 aliphatic carbocycles. The zero-order chi connectivity index (χ0) is 18.4. The molecule has 2 aliphatic rings. The van der Waals surface area contributed by atoms with E-state index in [1.54, 1.807) is 7.05 Å². The fourth-order valence-corrected chi connectivity index (χ4v) is 3.32. The van der Waals surface area contributed by atoms with Crippen molar-refractivity contribution in [2.24, 2.45) is 10.9 Å². The number of hydrogen-bond donors (Lipinski definition) is 1. The standard InChI is InChI=1S/C19H27N3O4.HI/c1-20-19(22-8-6-15(7-9-22)18(23)24-2)21-13-14-4-5-16-17(12-14)26-11-3-10-25-16;/h4-5,12,15H,3,6-11,13H2,1-2H3,(H,20,21);1H. The van der Waals surface area contributed by atoms with Gasteiger partial charge in [0.15, 0.2) is 17.5 Å². The lowest BCUT2D eigenvalue weighted by Crippen LogP contribution is -2.46. The van der Waals surface area contributed by atoms with Crippen LogP contribution in [0.4, 0.5) is 0 Å². The van der Waals surface area contributed by atoms with Crippen molar-refractivity contribution in [3.05, 3.63) is 23.8 Å². The summed E-state index contributed by atoms with van der Waals surface area (Å²) in [6.07, 6.45) is 2.48. The van der Waals surface area contributed by atoms with Crippen molar-refractivity contribution in [1.82, 2.24) is 10.2 Å². The third kappa shape index (κ3) is 5.63. The Labute approximate surface area is 177 Å². The molecule has 0 atom stereocenters. The Kier molecular flexibility index (Phi) is 8.46. The minimum Gasteiger partial charge on any atom is -0.490 e. The van der Waals surface area contributed by atoms with Crippen molar-refractivity contribution in [3.63, 3.8) is 0 Å². The van der Waals surface area contributed by atoms with Crippen molar-refractivity contribution in [2.75, 3.05) is 40.5 Å². The normalized spacial score (nSPS) is 17.6. The molecule has 7 nitrogen and oxygen atoms in total. The Morgan fingerprint density at radius 3 is 2.63 bits per heavy atom. The molecular weight excluding hydrogens is 461 g/mol. The van der Waals surface area contributed by atoms with Crippen LogP contribution in [0.2, 0.25) is 0 Å². The van der Waals surface area contributed by atoms with Crippen LogP contribution in [0.3, 0.4) is 0 Å². The Bertz CT molecular complexity index is 660. The van der Waals surface area contributed by atoms with E-state index >= 15 is 0 Å². The first-order valence-electron chi connectivity index (χ1n) is 9.13. The number of guanidine groups is 1. The van der Waals surface area contributed by atoms with Crippen LogP contribution >= 0.6 is 24.0 Å². The van der Waals surface area contributed by atoms with E-state index in [9.17, 15) is 4.79 Å². The number of carbonyl (C=O) groups excluding carboxylic acids is 1. The summed E-state index contributed by atoms with van der Waals surface area (Å²) in [5.41, 5.74) is 1.11. The maximum Gasteiger partial charge on any atom is 0.308 e. The van der Waals surface area contributed by atoms with Gasteiger partial charge >= 0.3 is 5.97 Å². The molecule has 3 rings (SSSR count). The molecule has 0 saturated carbocycles. The molecule has 1 aromatic rings. The van der Waals surface area contributed by atoms with Crippen molar-refractivity contribution >= 4 is 35.9 Å². The lowest BCUT2D eigenvalue weighted by atomic mass is 9.97. The first-order valence-corrected chi connectivity index (χ1v) is 9.13. The quantitative estimate of drug-likeness (QED) is 0.305. The van der Waals surface area contributed by atoms with Crippen LogP contribution in [0, 0.1) is 5.92 Å². The predicted molar refractivity (Wildman–Crippen MR) is 114 cm³/mol. The number of esters is 1. The summed E-state index contributed by atoms with van der Waals surface area (Å²) in [4.78, 5) is 18.2. The fourth-order valence-electron chi connectivity index (χ4n) is 3.32. The zero-order valence-electron chi connectivity index (χ0n) is 15.9. The molecule has 0 radical (unpaired) electrons. The van der Waals surface area contributed by atoms with E-state index in [-0.39, 0.29) is 35.9 Å². The molecule has 1 fully saturated rings. The molecule has 27 heavy (non-hydrogen) atoms. The second-order valence-electron chi connectivity index (χ2n) is 6.52. The van der Waals surface area contributed by atoms with E-state index in [0.29, 0.717) is 19.8 Å². The van der Waals surface area contributed by atoms with Crippen LogP contribution in [-0.2, 0) is 16.1 Å². The van der Waals surface area contributed by atoms with Gasteiger partial charge in [-0.1, -0.05) is 6.07 Å². The van der Waals surface area contributed by atoms with Gasteiger partial charge in [-0.3, -0.25) is 9.79 Å². The number of aliphatic imine (C=N–C) groups is 1. The molecule has 8 heteroatoms. The number of nitrogens with zero attached hydrogens (tertiary/aromatic N) is 2. The SMILES string of the molecule is CN=C(NCc1ccc2c(c1)OCCCO2)N1CCC(C(=O)OC)CC1.I. The number of halogens is 1. The molecule has 150 valence electrons. The highest BCUT2D eigenvalue weighted by Gasteiger charge is 2.26. The maximum atomic E-state index is 11.7. The van der Waals surface area contributed by atoms with E-state index in [2.05, 4.69) is 15.2 Å². The third-order valence-electron chi connectivity index (χ3n) is 4.80. The predicted octanol–water partition coefficient (Wildman–Crippen LogP) is 2.43. The monoisotopic (exact) mass is 489 g/mol. The van der Waals surface area contributed by atoms with Crippen molar-refractivity contribution in [1.29, 1.82) is 0 Å². The summed E-state index contributed by atoms with van der Waals surface area (Å²) in [6, 6.07) is 6.02. The lowest BCUT2D eigenvalue weighted by Gasteiger charge is -2.33. The fraction of sp³-hybridized carbons (Fsp3) is 0.579. The van der Waals surface area contributed by atoms with Crippen LogP contribution in [0.25, 0.3) is 0 Å². The molecule has 2 aliphatic heterocycles. The Morgan fingerprint density at radius 1 is 1.26 bits per heavy atom. The summed E-state index contributed by atoms with van der Waals surface area (Å²) < 4.78 is 16.3. The Hall–Kier alpha value is -1.71. The number of methoxy groups -OCH3 is 1. The van der Waals surface area contributed by atoms with Gasteiger partial charge in [-0.25, -0.2) is 0 Å². The molecule has 2 heterocycles. The summed E-state index contributed by atoms with van der Waals surface area (Å²) in [6.45, 7) is 3.61. The zero-order valence-corrected chi connectivity index (χ0v) is 18.2. The molecule has 0 unspecified atom stereocenters. The van der Waals surface area contributed by atoms with Crippen molar-refractivity contribution in [2.45, 2.75) is 25.8 Å². The minimum absolute atomic E-state index is 0. The number of fused-ring (bicyclic) bond motifs is 1. The molecule has 0 amide bonds. The lowest BCUT2D eigenvalue weighted by molar-refractivity contribution is -0.146. The molecule has 0 aromatic heterocycles. The highest BCUT2D eigenvalue weighted by atomic mass is 127. The molecular formula is C19H28IN3O4. The van der Waals surface area contributed by atoms with E-state index in [0.717, 1.165) is 55.4 Å². The second-order valence-corrected chi connectivity index (χ2v) is 6.52. The number of ether oxygens (including phenoxy) is 3. The number of piperidine rings is 1.